The van der Waals surface area contributed by atoms with Gasteiger partial charge in [-0.1, -0.05) is 40.9 Å². The number of hydrogen-bond acceptors (Lipinski definition) is 6. The van der Waals surface area contributed by atoms with Gasteiger partial charge in [-0.05, 0) is 50.6 Å². The van der Waals surface area contributed by atoms with Crippen LogP contribution in [0.25, 0.3) is 0 Å². The number of anilines is 2. The molecule has 0 unspecified atom stereocenters. The molecule has 0 spiro atoms. The average molecular weight is 512 g/mol. The molecule has 1 amide bonds. The lowest BCUT2D eigenvalue weighted by atomic mass is 10.1. The SMILES string of the molecule is C[C@@H](Nc1nc(N2CCN(C(=O)CCN3CCCC3)CC2)ncc1Cl)c1ccc(Cl)cc1Cl. The van der Waals surface area contributed by atoms with Crippen molar-refractivity contribution < 1.29 is 4.79 Å². The Morgan fingerprint density at radius 3 is 2.48 bits per heavy atom. The number of rotatable bonds is 7. The number of aromatic nitrogens is 2. The lowest BCUT2D eigenvalue weighted by Gasteiger charge is -2.35. The van der Waals surface area contributed by atoms with Gasteiger partial charge in [-0.25, -0.2) is 4.98 Å². The van der Waals surface area contributed by atoms with Crippen molar-refractivity contribution in [3.63, 3.8) is 0 Å². The first-order valence-electron chi connectivity index (χ1n) is 11.4. The molecule has 1 aromatic heterocycles. The number of nitrogens with zero attached hydrogens (tertiary/aromatic N) is 5. The largest absolute Gasteiger partial charge is 0.362 e. The summed E-state index contributed by atoms with van der Waals surface area (Å²) in [6, 6.07) is 5.29. The third-order valence-corrected chi connectivity index (χ3v) is 7.11. The number of amides is 1. The van der Waals surface area contributed by atoms with Crippen molar-refractivity contribution >= 4 is 52.5 Å². The fraction of sp³-hybridized carbons (Fsp3) is 0.522. The first-order chi connectivity index (χ1) is 15.9. The van der Waals surface area contributed by atoms with Gasteiger partial charge in [0.25, 0.3) is 0 Å². The Kier molecular flexibility index (Phi) is 8.17. The summed E-state index contributed by atoms with van der Waals surface area (Å²) in [4.78, 5) is 28.1. The second-order valence-electron chi connectivity index (χ2n) is 8.56. The maximum atomic E-state index is 12.6. The Morgan fingerprint density at radius 1 is 1.06 bits per heavy atom. The molecule has 178 valence electrons. The molecule has 3 heterocycles. The molecule has 4 rings (SSSR count). The van der Waals surface area contributed by atoms with E-state index in [2.05, 4.69) is 25.1 Å². The van der Waals surface area contributed by atoms with Crippen LogP contribution in [0.15, 0.2) is 24.4 Å². The summed E-state index contributed by atoms with van der Waals surface area (Å²) in [5.74, 6) is 1.37. The zero-order valence-electron chi connectivity index (χ0n) is 18.7. The van der Waals surface area contributed by atoms with E-state index in [1.165, 1.54) is 12.8 Å². The molecule has 2 aliphatic rings. The van der Waals surface area contributed by atoms with Gasteiger partial charge in [0.15, 0.2) is 5.82 Å². The lowest BCUT2D eigenvalue weighted by molar-refractivity contribution is -0.131. The minimum Gasteiger partial charge on any atom is -0.362 e. The highest BCUT2D eigenvalue weighted by Gasteiger charge is 2.24. The van der Waals surface area contributed by atoms with Gasteiger partial charge in [0.1, 0.15) is 5.02 Å². The zero-order valence-corrected chi connectivity index (χ0v) is 21.0. The van der Waals surface area contributed by atoms with Crippen molar-refractivity contribution in [2.24, 2.45) is 0 Å². The number of carbonyl (C=O) groups excluding carboxylic acids is 1. The number of benzene rings is 1. The van der Waals surface area contributed by atoms with Gasteiger partial charge in [0.05, 0.1) is 12.2 Å². The first kappa shape index (κ1) is 24.3. The maximum Gasteiger partial charge on any atom is 0.227 e. The monoisotopic (exact) mass is 510 g/mol. The molecule has 1 N–H and O–H groups in total. The predicted octanol–water partition coefficient (Wildman–Crippen LogP) is 4.74. The molecule has 2 aromatic rings. The Hall–Kier alpha value is -1.80. The third kappa shape index (κ3) is 6.21. The number of likely N-dealkylation sites (tertiary alicyclic amines) is 1. The van der Waals surface area contributed by atoms with Crippen LogP contribution in [0.1, 0.15) is 37.8 Å². The minimum absolute atomic E-state index is 0.125. The predicted molar refractivity (Wildman–Crippen MR) is 135 cm³/mol. The fourth-order valence-electron chi connectivity index (χ4n) is 4.32. The summed E-state index contributed by atoms with van der Waals surface area (Å²) in [6.45, 7) is 7.81. The van der Waals surface area contributed by atoms with Gasteiger partial charge in [-0.15, -0.1) is 0 Å². The molecular weight excluding hydrogens is 483 g/mol. The van der Waals surface area contributed by atoms with Gasteiger partial charge in [0.2, 0.25) is 11.9 Å². The maximum absolute atomic E-state index is 12.6. The number of carbonyl (C=O) groups is 1. The van der Waals surface area contributed by atoms with Crippen LogP contribution in [0.3, 0.4) is 0 Å². The van der Waals surface area contributed by atoms with E-state index in [1.54, 1.807) is 18.3 Å². The Bertz CT molecular complexity index is 977. The zero-order chi connectivity index (χ0) is 23.4. The van der Waals surface area contributed by atoms with Crippen molar-refractivity contribution in [3.05, 3.63) is 45.0 Å². The molecule has 2 fully saturated rings. The van der Waals surface area contributed by atoms with Crippen LogP contribution in [-0.4, -0.2) is 71.5 Å². The summed E-state index contributed by atoms with van der Waals surface area (Å²) in [5, 5.41) is 4.94. The topological polar surface area (TPSA) is 64.6 Å². The minimum atomic E-state index is -0.125. The van der Waals surface area contributed by atoms with E-state index in [-0.39, 0.29) is 11.9 Å². The molecule has 1 aromatic carbocycles. The third-order valence-electron chi connectivity index (χ3n) is 6.27. The standard InChI is InChI=1S/C23H29Cl3N6O/c1-16(18-5-4-17(24)14-19(18)25)28-22-20(26)15-27-23(29-22)32-12-10-31(11-13-32)21(33)6-9-30-7-2-3-8-30/h4-5,14-16H,2-3,6-13H2,1H3,(H,27,28,29)/t16-/m1/s1. The van der Waals surface area contributed by atoms with E-state index in [0.29, 0.717) is 59.4 Å². The van der Waals surface area contributed by atoms with E-state index < -0.39 is 0 Å². The van der Waals surface area contributed by atoms with Gasteiger partial charge in [-0.3, -0.25) is 4.79 Å². The van der Waals surface area contributed by atoms with Crippen LogP contribution in [0.5, 0.6) is 0 Å². The second-order valence-corrected chi connectivity index (χ2v) is 9.82. The molecule has 33 heavy (non-hydrogen) atoms. The van der Waals surface area contributed by atoms with E-state index in [4.69, 9.17) is 34.8 Å². The number of hydrogen-bond donors (Lipinski definition) is 1. The summed E-state index contributed by atoms with van der Waals surface area (Å²) in [7, 11) is 0. The van der Waals surface area contributed by atoms with E-state index in [0.717, 1.165) is 25.2 Å². The molecular formula is C23H29Cl3N6O. The number of piperazine rings is 1. The fourth-order valence-corrected chi connectivity index (χ4v) is 5.04. The number of nitrogens with one attached hydrogen (secondary N) is 1. The molecule has 2 saturated heterocycles. The van der Waals surface area contributed by atoms with Gasteiger partial charge >= 0.3 is 0 Å². The molecule has 7 nitrogen and oxygen atoms in total. The Morgan fingerprint density at radius 2 is 1.79 bits per heavy atom. The van der Waals surface area contributed by atoms with Gasteiger partial charge in [0, 0.05) is 49.2 Å². The molecule has 0 saturated carbocycles. The normalized spacial score (nSPS) is 17.9. The molecule has 0 aliphatic carbocycles. The smallest absolute Gasteiger partial charge is 0.227 e. The second kappa shape index (κ2) is 11.1. The van der Waals surface area contributed by atoms with Crippen LogP contribution < -0.4 is 10.2 Å². The van der Waals surface area contributed by atoms with Crippen LogP contribution in [-0.2, 0) is 4.79 Å². The number of halogens is 3. The van der Waals surface area contributed by atoms with Gasteiger partial charge in [-0.2, -0.15) is 4.98 Å². The van der Waals surface area contributed by atoms with Crippen LogP contribution >= 0.6 is 34.8 Å². The van der Waals surface area contributed by atoms with E-state index in [1.807, 2.05) is 17.9 Å². The summed E-state index contributed by atoms with van der Waals surface area (Å²) in [5.41, 5.74) is 0.901. The van der Waals surface area contributed by atoms with Crippen LogP contribution in [0.4, 0.5) is 11.8 Å². The van der Waals surface area contributed by atoms with Crippen molar-refractivity contribution in [2.75, 3.05) is 56.0 Å². The quantitative estimate of drug-likeness (QED) is 0.579. The van der Waals surface area contributed by atoms with Crippen molar-refractivity contribution in [1.29, 1.82) is 0 Å². The van der Waals surface area contributed by atoms with E-state index >= 15 is 0 Å². The first-order valence-corrected chi connectivity index (χ1v) is 12.5. The van der Waals surface area contributed by atoms with Crippen molar-refractivity contribution in [2.45, 2.75) is 32.2 Å². The summed E-state index contributed by atoms with van der Waals surface area (Å²) < 4.78 is 0. The molecule has 0 bridgehead atoms. The van der Waals surface area contributed by atoms with E-state index in [9.17, 15) is 4.79 Å². The molecule has 1 atom stereocenters. The van der Waals surface area contributed by atoms with Crippen LogP contribution in [0, 0.1) is 0 Å². The van der Waals surface area contributed by atoms with Crippen molar-refractivity contribution in [1.82, 2.24) is 19.8 Å². The van der Waals surface area contributed by atoms with Crippen LogP contribution in [0.2, 0.25) is 15.1 Å². The Labute approximate surface area is 210 Å². The Balaban J connectivity index is 1.34. The summed E-state index contributed by atoms with van der Waals surface area (Å²) in [6.07, 6.45) is 4.69. The average Bonchev–Trinajstić information content (AvgIpc) is 3.33. The van der Waals surface area contributed by atoms with Crippen molar-refractivity contribution in [3.8, 4) is 0 Å². The molecule has 10 heteroatoms. The molecule has 0 radical (unpaired) electrons. The lowest BCUT2D eigenvalue weighted by Crippen LogP contribution is -2.49. The highest BCUT2D eigenvalue weighted by atomic mass is 35.5. The highest BCUT2D eigenvalue weighted by molar-refractivity contribution is 6.35. The van der Waals surface area contributed by atoms with Gasteiger partial charge < -0.3 is 20.0 Å². The summed E-state index contributed by atoms with van der Waals surface area (Å²) >= 11 is 18.7. The molecule has 2 aliphatic heterocycles. The highest BCUT2D eigenvalue weighted by Crippen LogP contribution is 2.30.